The average Bonchev–Trinajstić information content (AvgIpc) is 2.28. The van der Waals surface area contributed by atoms with Crippen LogP contribution in [0.15, 0.2) is 0 Å². The Morgan fingerprint density at radius 1 is 1.12 bits per heavy atom. The monoisotopic (exact) mass is 244 g/mol. The molecule has 0 aromatic rings. The van der Waals surface area contributed by atoms with Crippen molar-refractivity contribution in [2.45, 2.75) is 32.1 Å². The third kappa shape index (κ3) is 5.47. The van der Waals surface area contributed by atoms with Crippen LogP contribution in [0.4, 0.5) is 0 Å². The molecule has 1 saturated heterocycles. The number of unbranched alkanes of at least 4 members (excludes halogenated alkanes) is 1. The van der Waals surface area contributed by atoms with E-state index < -0.39 is 9.84 Å². The lowest BCUT2D eigenvalue weighted by atomic mass is 10.1. The second-order valence-electron chi connectivity index (χ2n) is 4.32. The summed E-state index contributed by atoms with van der Waals surface area (Å²) < 4.78 is 23.2. The first-order valence-corrected chi connectivity index (χ1v) is 7.76. The highest BCUT2D eigenvalue weighted by Crippen LogP contribution is 2.08. The van der Waals surface area contributed by atoms with Gasteiger partial charge in [-0.1, -0.05) is 6.42 Å². The maximum absolute atomic E-state index is 11.6. The van der Waals surface area contributed by atoms with E-state index in [1.54, 1.807) is 0 Å². The molecule has 4 nitrogen and oxygen atoms in total. The Hall–Kier alpha value is -0.600. The van der Waals surface area contributed by atoms with Gasteiger partial charge in [-0.15, -0.1) is 0 Å². The summed E-state index contributed by atoms with van der Waals surface area (Å²) in [5.74, 6) is 0.410. The molecular weight excluding hydrogens is 224 g/mol. The van der Waals surface area contributed by atoms with Crippen LogP contribution in [0, 0.1) is 11.3 Å². The minimum atomic E-state index is -2.95. The van der Waals surface area contributed by atoms with Crippen LogP contribution in [0.5, 0.6) is 0 Å². The van der Waals surface area contributed by atoms with Gasteiger partial charge in [0.2, 0.25) is 0 Å². The first-order chi connectivity index (χ1) is 7.64. The molecule has 0 aromatic carbocycles. The van der Waals surface area contributed by atoms with E-state index in [4.69, 9.17) is 5.26 Å². The summed E-state index contributed by atoms with van der Waals surface area (Å²) >= 11 is 0. The molecule has 0 bridgehead atoms. The van der Waals surface area contributed by atoms with Gasteiger partial charge in [0.1, 0.15) is 0 Å². The summed E-state index contributed by atoms with van der Waals surface area (Å²) in [5.41, 5.74) is 0. The highest BCUT2D eigenvalue weighted by atomic mass is 32.2. The van der Waals surface area contributed by atoms with Crippen molar-refractivity contribution in [3.8, 4) is 6.07 Å². The van der Waals surface area contributed by atoms with E-state index in [9.17, 15) is 8.42 Å². The van der Waals surface area contributed by atoms with E-state index in [-0.39, 0.29) is 11.5 Å². The van der Waals surface area contributed by atoms with Gasteiger partial charge in [-0.2, -0.15) is 5.26 Å². The summed E-state index contributed by atoms with van der Waals surface area (Å²) in [7, 11) is -2.95. The van der Waals surface area contributed by atoms with Crippen LogP contribution in [0.25, 0.3) is 0 Å². The molecule has 0 N–H and O–H groups in total. The second-order valence-corrected chi connectivity index (χ2v) is 6.62. The molecule has 16 heavy (non-hydrogen) atoms. The lowest BCUT2D eigenvalue weighted by Crippen LogP contribution is -2.34. The SMILES string of the molecule is N#CCCCS(=O)(=O)CCN1CCCCC1. The van der Waals surface area contributed by atoms with Gasteiger partial charge in [-0.25, -0.2) is 8.42 Å². The fraction of sp³-hybridized carbons (Fsp3) is 0.909. The normalized spacial score (nSPS) is 18.2. The van der Waals surface area contributed by atoms with Gasteiger partial charge < -0.3 is 4.90 Å². The Bertz CT molecular complexity index is 326. The van der Waals surface area contributed by atoms with Gasteiger partial charge in [0.15, 0.2) is 9.84 Å². The Morgan fingerprint density at radius 3 is 2.44 bits per heavy atom. The number of hydrogen-bond acceptors (Lipinski definition) is 4. The van der Waals surface area contributed by atoms with Crippen LogP contribution in [-0.2, 0) is 9.84 Å². The fourth-order valence-corrected chi connectivity index (χ4v) is 3.25. The maximum atomic E-state index is 11.6. The number of nitriles is 1. The molecular formula is C11H20N2O2S. The largest absolute Gasteiger partial charge is 0.302 e. The number of piperidine rings is 1. The molecule has 0 spiro atoms. The lowest BCUT2D eigenvalue weighted by Gasteiger charge is -2.26. The van der Waals surface area contributed by atoms with Crippen LogP contribution >= 0.6 is 0 Å². The smallest absolute Gasteiger partial charge is 0.151 e. The molecule has 0 saturated carbocycles. The van der Waals surface area contributed by atoms with Gasteiger partial charge in [0.25, 0.3) is 0 Å². The molecule has 5 heteroatoms. The van der Waals surface area contributed by atoms with E-state index in [1.807, 2.05) is 6.07 Å². The van der Waals surface area contributed by atoms with Crippen molar-refractivity contribution >= 4 is 9.84 Å². The summed E-state index contributed by atoms with van der Waals surface area (Å²) in [5, 5.41) is 8.34. The summed E-state index contributed by atoms with van der Waals surface area (Å²) in [4.78, 5) is 2.23. The zero-order chi connectivity index (χ0) is 11.9. The minimum absolute atomic E-state index is 0.161. The van der Waals surface area contributed by atoms with Gasteiger partial charge in [-0.05, 0) is 32.4 Å². The number of sulfone groups is 1. The lowest BCUT2D eigenvalue weighted by molar-refractivity contribution is 0.241. The van der Waals surface area contributed by atoms with E-state index in [2.05, 4.69) is 4.90 Å². The van der Waals surface area contributed by atoms with E-state index in [0.29, 0.717) is 19.4 Å². The summed E-state index contributed by atoms with van der Waals surface area (Å²) in [6, 6.07) is 1.97. The van der Waals surface area contributed by atoms with Crippen LogP contribution in [0.2, 0.25) is 0 Å². The molecule has 1 aliphatic heterocycles. The van der Waals surface area contributed by atoms with Gasteiger partial charge >= 0.3 is 0 Å². The Kier molecular flexibility index (Phi) is 5.78. The molecule has 0 amide bonds. The van der Waals surface area contributed by atoms with Gasteiger partial charge in [-0.3, -0.25) is 0 Å². The van der Waals surface area contributed by atoms with Crippen molar-refractivity contribution in [3.63, 3.8) is 0 Å². The predicted molar refractivity (Wildman–Crippen MR) is 63.8 cm³/mol. The van der Waals surface area contributed by atoms with Crippen molar-refractivity contribution in [3.05, 3.63) is 0 Å². The third-order valence-electron chi connectivity index (χ3n) is 2.91. The number of likely N-dealkylation sites (tertiary alicyclic amines) is 1. The molecule has 0 atom stereocenters. The summed E-state index contributed by atoms with van der Waals surface area (Å²) in [6.07, 6.45) is 4.45. The molecule has 1 aliphatic rings. The average molecular weight is 244 g/mol. The van der Waals surface area contributed by atoms with Crippen molar-refractivity contribution in [2.75, 3.05) is 31.1 Å². The number of rotatable bonds is 6. The Labute approximate surface area is 98.2 Å². The van der Waals surface area contributed by atoms with Crippen LogP contribution < -0.4 is 0 Å². The van der Waals surface area contributed by atoms with Crippen LogP contribution in [0.1, 0.15) is 32.1 Å². The minimum Gasteiger partial charge on any atom is -0.302 e. The first-order valence-electron chi connectivity index (χ1n) is 5.94. The zero-order valence-corrected chi connectivity index (χ0v) is 10.5. The van der Waals surface area contributed by atoms with Gasteiger partial charge in [0.05, 0.1) is 17.6 Å². The standard InChI is InChI=1S/C11H20N2O2S/c12-6-2-5-10-16(14,15)11-9-13-7-3-1-4-8-13/h1-5,7-11H2. The second kappa shape index (κ2) is 6.87. The van der Waals surface area contributed by atoms with Gasteiger partial charge in [0, 0.05) is 13.0 Å². The first kappa shape index (κ1) is 13.5. The predicted octanol–water partition coefficient (Wildman–Crippen LogP) is 1.19. The maximum Gasteiger partial charge on any atom is 0.151 e. The molecule has 92 valence electrons. The molecule has 0 unspecified atom stereocenters. The highest BCUT2D eigenvalue weighted by Gasteiger charge is 2.15. The molecule has 1 fully saturated rings. The van der Waals surface area contributed by atoms with Crippen molar-refractivity contribution in [2.24, 2.45) is 0 Å². The molecule has 0 aliphatic carbocycles. The third-order valence-corrected chi connectivity index (χ3v) is 4.63. The number of nitrogens with zero attached hydrogens (tertiary/aromatic N) is 2. The highest BCUT2D eigenvalue weighted by molar-refractivity contribution is 7.91. The quantitative estimate of drug-likeness (QED) is 0.658. The van der Waals surface area contributed by atoms with E-state index >= 15 is 0 Å². The zero-order valence-electron chi connectivity index (χ0n) is 9.69. The molecule has 1 rings (SSSR count). The summed E-state index contributed by atoms with van der Waals surface area (Å²) in [6.45, 7) is 2.73. The van der Waals surface area contributed by atoms with Crippen molar-refractivity contribution in [1.29, 1.82) is 5.26 Å². The topological polar surface area (TPSA) is 61.2 Å². The Morgan fingerprint density at radius 2 is 1.81 bits per heavy atom. The fourth-order valence-electron chi connectivity index (χ4n) is 1.92. The molecule has 1 heterocycles. The van der Waals surface area contributed by atoms with E-state index in [0.717, 1.165) is 13.1 Å². The van der Waals surface area contributed by atoms with Crippen molar-refractivity contribution < 1.29 is 8.42 Å². The Balaban J connectivity index is 2.21. The van der Waals surface area contributed by atoms with E-state index in [1.165, 1.54) is 19.3 Å². The number of hydrogen-bond donors (Lipinski definition) is 0. The van der Waals surface area contributed by atoms with Crippen LogP contribution in [-0.4, -0.2) is 44.5 Å². The van der Waals surface area contributed by atoms with Crippen LogP contribution in [0.3, 0.4) is 0 Å². The molecule has 0 radical (unpaired) electrons. The molecule has 0 aromatic heterocycles. The van der Waals surface area contributed by atoms with Crippen molar-refractivity contribution in [1.82, 2.24) is 4.90 Å².